The quantitative estimate of drug-likeness (QED) is 0.812. The molecule has 19 heavy (non-hydrogen) atoms. The third kappa shape index (κ3) is 4.85. The maximum atomic E-state index is 3.57. The van der Waals surface area contributed by atoms with Crippen molar-refractivity contribution in [2.75, 3.05) is 19.6 Å². The predicted molar refractivity (Wildman–Crippen MR) is 88.4 cm³/mol. The number of nitrogens with one attached hydrogen (secondary N) is 1. The highest BCUT2D eigenvalue weighted by molar-refractivity contribution is 9.13. The second kappa shape index (κ2) is 7.77. The van der Waals surface area contributed by atoms with Gasteiger partial charge in [0.1, 0.15) is 0 Å². The molecular weight excluding hydrogens is 368 g/mol. The van der Waals surface area contributed by atoms with Crippen LogP contribution in [-0.2, 0) is 6.54 Å². The number of benzene rings is 1. The van der Waals surface area contributed by atoms with Gasteiger partial charge < -0.3 is 5.32 Å². The zero-order chi connectivity index (χ0) is 13.7. The molecule has 0 radical (unpaired) electrons. The van der Waals surface area contributed by atoms with Crippen LogP contribution in [0.5, 0.6) is 0 Å². The smallest absolute Gasteiger partial charge is 0.0320 e. The number of rotatable bonds is 5. The molecule has 1 aromatic rings. The number of likely N-dealkylation sites (tertiary alicyclic amines) is 1. The Balaban J connectivity index is 1.74. The monoisotopic (exact) mass is 388 g/mol. The lowest BCUT2D eigenvalue weighted by molar-refractivity contribution is 0.170. The molecule has 0 aliphatic carbocycles. The summed E-state index contributed by atoms with van der Waals surface area (Å²) in [6.07, 6.45) is 4.14. The summed E-state index contributed by atoms with van der Waals surface area (Å²) in [4.78, 5) is 2.61. The van der Waals surface area contributed by atoms with Crippen LogP contribution in [0.1, 0.15) is 31.7 Å². The van der Waals surface area contributed by atoms with Crippen molar-refractivity contribution in [2.24, 2.45) is 0 Å². The number of halogens is 2. The molecule has 2 nitrogen and oxygen atoms in total. The summed E-state index contributed by atoms with van der Waals surface area (Å²) in [6.45, 7) is 6.87. The molecule has 1 heterocycles. The van der Waals surface area contributed by atoms with E-state index in [1.165, 1.54) is 37.9 Å². The van der Waals surface area contributed by atoms with E-state index in [0.717, 1.165) is 22.0 Å². The molecule has 1 aliphatic heterocycles. The zero-order valence-corrected chi connectivity index (χ0v) is 14.6. The molecule has 0 amide bonds. The fourth-order valence-electron chi connectivity index (χ4n) is 2.56. The van der Waals surface area contributed by atoms with Crippen LogP contribution in [0.15, 0.2) is 27.1 Å². The van der Waals surface area contributed by atoms with Crippen LogP contribution in [0.3, 0.4) is 0 Å². The normalized spacial score (nSPS) is 18.5. The Morgan fingerprint density at radius 1 is 1.16 bits per heavy atom. The highest BCUT2D eigenvalue weighted by Gasteiger charge is 2.15. The Kier molecular flexibility index (Phi) is 6.33. The van der Waals surface area contributed by atoms with Gasteiger partial charge in [0.05, 0.1) is 0 Å². The second-order valence-electron chi connectivity index (χ2n) is 5.33. The minimum absolute atomic E-state index is 0.638. The summed E-state index contributed by atoms with van der Waals surface area (Å²) < 4.78 is 2.23. The molecule has 1 fully saturated rings. The maximum absolute atomic E-state index is 3.57. The van der Waals surface area contributed by atoms with Gasteiger partial charge in [0.2, 0.25) is 0 Å². The number of hydrogen-bond acceptors (Lipinski definition) is 2. The number of piperidine rings is 1. The molecule has 0 saturated carbocycles. The molecule has 1 atom stereocenters. The zero-order valence-electron chi connectivity index (χ0n) is 11.5. The van der Waals surface area contributed by atoms with E-state index in [4.69, 9.17) is 0 Å². The Hall–Kier alpha value is 0.1000. The first-order chi connectivity index (χ1) is 9.16. The largest absolute Gasteiger partial charge is 0.311 e. The molecule has 0 bridgehead atoms. The van der Waals surface area contributed by atoms with E-state index in [0.29, 0.717) is 6.04 Å². The standard InChI is InChI=1S/C15H22Br2N2/c1-12(19-7-3-2-4-8-19)10-18-11-13-5-6-14(16)15(17)9-13/h5-6,9,12,18H,2-4,7-8,10-11H2,1H3. The van der Waals surface area contributed by atoms with E-state index < -0.39 is 0 Å². The molecule has 1 saturated heterocycles. The van der Waals surface area contributed by atoms with Gasteiger partial charge in [-0.05, 0) is 82.4 Å². The van der Waals surface area contributed by atoms with Crippen molar-refractivity contribution in [2.45, 2.75) is 38.8 Å². The van der Waals surface area contributed by atoms with Crippen molar-refractivity contribution in [1.29, 1.82) is 0 Å². The summed E-state index contributed by atoms with van der Waals surface area (Å²) in [5, 5.41) is 3.57. The molecule has 1 aromatic carbocycles. The number of nitrogens with zero attached hydrogens (tertiary/aromatic N) is 1. The van der Waals surface area contributed by atoms with Gasteiger partial charge in [0.15, 0.2) is 0 Å². The first-order valence-electron chi connectivity index (χ1n) is 7.05. The van der Waals surface area contributed by atoms with Crippen LogP contribution >= 0.6 is 31.9 Å². The van der Waals surface area contributed by atoms with Gasteiger partial charge in [0, 0.05) is 28.1 Å². The van der Waals surface area contributed by atoms with E-state index in [1.54, 1.807) is 0 Å². The van der Waals surface area contributed by atoms with Gasteiger partial charge in [-0.15, -0.1) is 0 Å². The molecule has 1 unspecified atom stereocenters. The molecular formula is C15H22Br2N2. The summed E-state index contributed by atoms with van der Waals surface area (Å²) in [6, 6.07) is 7.06. The average Bonchev–Trinajstić information content (AvgIpc) is 2.43. The number of hydrogen-bond donors (Lipinski definition) is 1. The van der Waals surface area contributed by atoms with Crippen LogP contribution < -0.4 is 5.32 Å². The van der Waals surface area contributed by atoms with E-state index in [2.05, 4.69) is 67.2 Å². The fourth-order valence-corrected chi connectivity index (χ4v) is 3.24. The van der Waals surface area contributed by atoms with Crippen LogP contribution in [0, 0.1) is 0 Å². The van der Waals surface area contributed by atoms with Crippen LogP contribution in [-0.4, -0.2) is 30.6 Å². The highest BCUT2D eigenvalue weighted by atomic mass is 79.9. The first-order valence-corrected chi connectivity index (χ1v) is 8.64. The Morgan fingerprint density at radius 2 is 1.89 bits per heavy atom. The minimum atomic E-state index is 0.638. The lowest BCUT2D eigenvalue weighted by Crippen LogP contribution is -2.42. The van der Waals surface area contributed by atoms with Gasteiger partial charge in [-0.1, -0.05) is 12.5 Å². The fraction of sp³-hybridized carbons (Fsp3) is 0.600. The van der Waals surface area contributed by atoms with Crippen LogP contribution in [0.2, 0.25) is 0 Å². The van der Waals surface area contributed by atoms with Crippen molar-refractivity contribution in [3.63, 3.8) is 0 Å². The lowest BCUT2D eigenvalue weighted by Gasteiger charge is -2.32. The Bertz CT molecular complexity index is 403. The summed E-state index contributed by atoms with van der Waals surface area (Å²) in [7, 11) is 0. The van der Waals surface area contributed by atoms with Crippen molar-refractivity contribution < 1.29 is 0 Å². The van der Waals surface area contributed by atoms with E-state index >= 15 is 0 Å². The van der Waals surface area contributed by atoms with E-state index in [1.807, 2.05) is 0 Å². The van der Waals surface area contributed by atoms with Gasteiger partial charge in [-0.25, -0.2) is 0 Å². The van der Waals surface area contributed by atoms with E-state index in [-0.39, 0.29) is 0 Å². The van der Waals surface area contributed by atoms with Crippen molar-refractivity contribution in [3.05, 3.63) is 32.7 Å². The maximum Gasteiger partial charge on any atom is 0.0320 e. The van der Waals surface area contributed by atoms with Crippen molar-refractivity contribution >= 4 is 31.9 Å². The van der Waals surface area contributed by atoms with Crippen LogP contribution in [0.4, 0.5) is 0 Å². The van der Waals surface area contributed by atoms with Crippen molar-refractivity contribution in [1.82, 2.24) is 10.2 Å². The topological polar surface area (TPSA) is 15.3 Å². The third-order valence-electron chi connectivity index (χ3n) is 3.77. The highest BCUT2D eigenvalue weighted by Crippen LogP contribution is 2.23. The second-order valence-corrected chi connectivity index (χ2v) is 7.03. The van der Waals surface area contributed by atoms with Crippen molar-refractivity contribution in [3.8, 4) is 0 Å². The van der Waals surface area contributed by atoms with Gasteiger partial charge in [0.25, 0.3) is 0 Å². The molecule has 106 valence electrons. The van der Waals surface area contributed by atoms with Gasteiger partial charge in [-0.3, -0.25) is 4.90 Å². The molecule has 1 aliphatic rings. The molecule has 2 rings (SSSR count). The minimum Gasteiger partial charge on any atom is -0.311 e. The SMILES string of the molecule is CC(CNCc1ccc(Br)c(Br)c1)N1CCCCC1. The van der Waals surface area contributed by atoms with Crippen LogP contribution in [0.25, 0.3) is 0 Å². The molecule has 0 aromatic heterocycles. The Morgan fingerprint density at radius 3 is 2.58 bits per heavy atom. The third-order valence-corrected chi connectivity index (χ3v) is 5.65. The average molecular weight is 390 g/mol. The van der Waals surface area contributed by atoms with Gasteiger partial charge in [-0.2, -0.15) is 0 Å². The summed E-state index contributed by atoms with van der Waals surface area (Å²) >= 11 is 7.05. The first kappa shape index (κ1) is 15.5. The molecule has 4 heteroatoms. The summed E-state index contributed by atoms with van der Waals surface area (Å²) in [5.41, 5.74) is 1.32. The Labute approximate surface area is 133 Å². The molecule has 0 spiro atoms. The molecule has 1 N–H and O–H groups in total. The van der Waals surface area contributed by atoms with Gasteiger partial charge >= 0.3 is 0 Å². The predicted octanol–water partition coefficient (Wildman–Crippen LogP) is 4.18. The lowest BCUT2D eigenvalue weighted by atomic mass is 10.1. The summed E-state index contributed by atoms with van der Waals surface area (Å²) in [5.74, 6) is 0. The van der Waals surface area contributed by atoms with E-state index in [9.17, 15) is 0 Å².